The molecule has 0 amide bonds. The van der Waals surface area contributed by atoms with E-state index >= 15 is 0 Å². The van der Waals surface area contributed by atoms with Crippen LogP contribution in [0.5, 0.6) is 0 Å². The Morgan fingerprint density at radius 2 is 1.87 bits per heavy atom. The number of fused-ring (bicyclic) bond motifs is 1. The topological polar surface area (TPSA) is 117 Å². The van der Waals surface area contributed by atoms with Crippen molar-refractivity contribution >= 4 is 58.1 Å². The number of furan rings is 1. The number of aromatic nitrogens is 1. The Morgan fingerprint density at radius 1 is 1.11 bits per heavy atom. The van der Waals surface area contributed by atoms with Crippen LogP contribution in [0.3, 0.4) is 0 Å². The number of nitro groups is 1. The number of rotatable bonds is 8. The van der Waals surface area contributed by atoms with Crippen LogP contribution in [-0.4, -0.2) is 28.3 Å². The van der Waals surface area contributed by atoms with Gasteiger partial charge in [-0.15, -0.1) is 11.8 Å². The van der Waals surface area contributed by atoms with E-state index in [1.54, 1.807) is 43.0 Å². The number of carbonyl (C=O) groups excluding carboxylic acids is 1. The van der Waals surface area contributed by atoms with Crippen molar-refractivity contribution in [2.45, 2.75) is 17.9 Å². The van der Waals surface area contributed by atoms with E-state index < -0.39 is 16.9 Å². The lowest BCUT2D eigenvalue weighted by Crippen LogP contribution is -2.40. The largest absolute Gasteiger partial charge is 0.463 e. The lowest BCUT2D eigenvalue weighted by atomic mass is 9.93. The molecule has 226 valence electrons. The zero-order valence-corrected chi connectivity index (χ0v) is 26.3. The van der Waals surface area contributed by atoms with Gasteiger partial charge in [0.2, 0.25) is 0 Å². The first-order valence-electron chi connectivity index (χ1n) is 13.8. The number of hydrogen-bond donors (Lipinski definition) is 0. The van der Waals surface area contributed by atoms with E-state index in [0.717, 1.165) is 16.0 Å². The van der Waals surface area contributed by atoms with Crippen molar-refractivity contribution in [2.75, 3.05) is 12.9 Å². The van der Waals surface area contributed by atoms with Gasteiger partial charge in [-0.1, -0.05) is 65.4 Å². The fourth-order valence-corrected chi connectivity index (χ4v) is 6.64. The molecule has 3 aromatic carbocycles. The van der Waals surface area contributed by atoms with Gasteiger partial charge < -0.3 is 9.15 Å². The molecule has 5 aromatic rings. The van der Waals surface area contributed by atoms with Crippen molar-refractivity contribution in [3.63, 3.8) is 0 Å². The Labute approximate surface area is 269 Å². The highest BCUT2D eigenvalue weighted by molar-refractivity contribution is 7.98. The SMILES string of the molecule is CCOC(=O)C1=C(c2ccccc2)N=c2s/c(=C\c3ccc(-c4ccc(Cl)c([N+](=O)[O-])c4)o3)c(=O)n2[C@H]1c1ccc(SC)cc1. The Kier molecular flexibility index (Phi) is 8.57. The predicted octanol–water partition coefficient (Wildman–Crippen LogP) is 6.48. The minimum Gasteiger partial charge on any atom is -0.463 e. The molecular formula is C33H24ClN3O6S2. The fourth-order valence-electron chi connectivity index (χ4n) is 5.06. The van der Waals surface area contributed by atoms with Crippen molar-refractivity contribution in [2.24, 2.45) is 4.99 Å². The lowest BCUT2D eigenvalue weighted by molar-refractivity contribution is -0.384. The zero-order valence-electron chi connectivity index (χ0n) is 23.9. The number of esters is 1. The molecule has 45 heavy (non-hydrogen) atoms. The second-order valence-electron chi connectivity index (χ2n) is 9.83. The van der Waals surface area contributed by atoms with Crippen LogP contribution in [0.4, 0.5) is 5.69 Å². The van der Waals surface area contributed by atoms with Crippen molar-refractivity contribution in [3.05, 3.63) is 142 Å². The van der Waals surface area contributed by atoms with E-state index in [1.165, 1.54) is 28.0 Å². The molecule has 0 radical (unpaired) electrons. The van der Waals surface area contributed by atoms with Crippen LogP contribution in [0, 0.1) is 10.1 Å². The monoisotopic (exact) mass is 657 g/mol. The molecule has 0 N–H and O–H groups in total. The molecule has 0 fully saturated rings. The molecule has 1 aliphatic rings. The molecule has 0 saturated heterocycles. The van der Waals surface area contributed by atoms with Crippen LogP contribution in [0.2, 0.25) is 5.02 Å². The first kappa shape index (κ1) is 30.3. The molecule has 9 nitrogen and oxygen atoms in total. The normalized spacial score (nSPS) is 14.6. The minimum atomic E-state index is -0.796. The van der Waals surface area contributed by atoms with Crippen LogP contribution < -0.4 is 14.9 Å². The minimum absolute atomic E-state index is 0.0198. The van der Waals surface area contributed by atoms with Crippen LogP contribution in [-0.2, 0) is 9.53 Å². The number of benzene rings is 3. The summed E-state index contributed by atoms with van der Waals surface area (Å²) in [5.74, 6) is 0.180. The molecule has 6 rings (SSSR count). The molecule has 12 heteroatoms. The molecule has 0 unspecified atom stereocenters. The van der Waals surface area contributed by atoms with Gasteiger partial charge in [-0.25, -0.2) is 9.79 Å². The molecule has 0 spiro atoms. The average Bonchev–Trinajstić information content (AvgIpc) is 3.65. The van der Waals surface area contributed by atoms with Gasteiger partial charge in [-0.2, -0.15) is 0 Å². The molecule has 0 saturated carbocycles. The Hall–Kier alpha value is -4.71. The number of hydrogen-bond acceptors (Lipinski definition) is 9. The summed E-state index contributed by atoms with van der Waals surface area (Å²) in [5, 5.41) is 11.4. The summed E-state index contributed by atoms with van der Waals surface area (Å²) in [5.41, 5.74) is 2.03. The number of nitro benzene ring substituents is 1. The smallest absolute Gasteiger partial charge is 0.338 e. The second kappa shape index (κ2) is 12.7. The van der Waals surface area contributed by atoms with Crippen molar-refractivity contribution in [1.29, 1.82) is 0 Å². The third kappa shape index (κ3) is 5.89. The first-order chi connectivity index (χ1) is 21.8. The summed E-state index contributed by atoms with van der Waals surface area (Å²) in [7, 11) is 0. The Morgan fingerprint density at radius 3 is 2.56 bits per heavy atom. The Balaban J connectivity index is 1.53. The lowest BCUT2D eigenvalue weighted by Gasteiger charge is -2.26. The number of thiazole rings is 1. The van der Waals surface area contributed by atoms with Crippen molar-refractivity contribution in [3.8, 4) is 11.3 Å². The quantitative estimate of drug-likeness (QED) is 0.0812. The van der Waals surface area contributed by atoms with Crippen LogP contribution in [0.1, 0.15) is 29.9 Å². The summed E-state index contributed by atoms with van der Waals surface area (Å²) in [6.45, 7) is 1.89. The number of halogens is 1. The molecule has 1 aliphatic heterocycles. The average molecular weight is 658 g/mol. The van der Waals surface area contributed by atoms with Gasteiger partial charge in [-0.05, 0) is 55.1 Å². The molecule has 3 heterocycles. The highest BCUT2D eigenvalue weighted by atomic mass is 35.5. The maximum Gasteiger partial charge on any atom is 0.338 e. The maximum atomic E-state index is 14.1. The fraction of sp³-hybridized carbons (Fsp3) is 0.121. The summed E-state index contributed by atoms with van der Waals surface area (Å²) < 4.78 is 13.3. The highest BCUT2D eigenvalue weighted by Gasteiger charge is 2.35. The van der Waals surface area contributed by atoms with Gasteiger partial charge in [0.05, 0.1) is 33.4 Å². The molecule has 2 aromatic heterocycles. The third-order valence-electron chi connectivity index (χ3n) is 7.13. The van der Waals surface area contributed by atoms with Gasteiger partial charge in [0.25, 0.3) is 11.2 Å². The highest BCUT2D eigenvalue weighted by Crippen LogP contribution is 2.36. The van der Waals surface area contributed by atoms with Crippen LogP contribution >= 0.6 is 34.7 Å². The maximum absolute atomic E-state index is 14.1. The summed E-state index contributed by atoms with van der Waals surface area (Å²) in [6, 6.07) is 24.0. The van der Waals surface area contributed by atoms with Crippen LogP contribution in [0.25, 0.3) is 23.1 Å². The number of carbonyl (C=O) groups is 1. The Bertz CT molecular complexity index is 2150. The number of thioether (sulfide) groups is 1. The molecule has 1 atom stereocenters. The summed E-state index contributed by atoms with van der Waals surface area (Å²) in [6.07, 6.45) is 3.57. The van der Waals surface area contributed by atoms with E-state index in [1.807, 2.05) is 60.9 Å². The summed E-state index contributed by atoms with van der Waals surface area (Å²) >= 11 is 8.73. The van der Waals surface area contributed by atoms with Gasteiger partial charge in [0.15, 0.2) is 4.80 Å². The van der Waals surface area contributed by atoms with E-state index in [-0.39, 0.29) is 28.4 Å². The second-order valence-corrected chi connectivity index (χ2v) is 12.1. The van der Waals surface area contributed by atoms with E-state index in [2.05, 4.69) is 0 Å². The summed E-state index contributed by atoms with van der Waals surface area (Å²) in [4.78, 5) is 44.8. The van der Waals surface area contributed by atoms with Gasteiger partial charge in [-0.3, -0.25) is 19.5 Å². The van der Waals surface area contributed by atoms with Gasteiger partial charge in [0.1, 0.15) is 16.5 Å². The van der Waals surface area contributed by atoms with Crippen molar-refractivity contribution in [1.82, 2.24) is 4.57 Å². The third-order valence-corrected chi connectivity index (χ3v) is 9.18. The van der Waals surface area contributed by atoms with Crippen molar-refractivity contribution < 1.29 is 18.9 Å². The molecule has 0 bridgehead atoms. The number of ether oxygens (including phenoxy) is 1. The van der Waals surface area contributed by atoms with Crippen LogP contribution in [0.15, 0.2) is 110 Å². The van der Waals surface area contributed by atoms with E-state index in [4.69, 9.17) is 25.7 Å². The first-order valence-corrected chi connectivity index (χ1v) is 16.2. The standard InChI is InChI=1S/C33H24ClN3O6S2/c1-3-42-32(39)28-29(19-7-5-4-6-8-19)35-33-36(30(28)20-9-13-23(44-2)14-10-20)31(38)27(45-33)18-22-12-16-26(43-22)21-11-15-24(34)25(17-21)37(40)41/h4-18,30H,3H2,1-2H3/b27-18-/t30-/m0/s1. The number of nitrogens with zero attached hydrogens (tertiary/aromatic N) is 3. The predicted molar refractivity (Wildman–Crippen MR) is 175 cm³/mol. The molecular weight excluding hydrogens is 634 g/mol. The van der Waals surface area contributed by atoms with Gasteiger partial charge >= 0.3 is 5.97 Å². The molecule has 0 aliphatic carbocycles. The van der Waals surface area contributed by atoms with Gasteiger partial charge in [0, 0.05) is 28.2 Å². The zero-order chi connectivity index (χ0) is 31.7. The van der Waals surface area contributed by atoms with E-state index in [9.17, 15) is 19.7 Å². The van der Waals surface area contributed by atoms with E-state index in [0.29, 0.717) is 32.1 Å².